The van der Waals surface area contributed by atoms with Gasteiger partial charge in [-0.25, -0.2) is 4.39 Å². The highest BCUT2D eigenvalue weighted by molar-refractivity contribution is 5.79. The third kappa shape index (κ3) is 4.55. The van der Waals surface area contributed by atoms with Crippen molar-refractivity contribution in [3.63, 3.8) is 0 Å². The maximum absolute atomic E-state index is 13.7. The number of hydrogen-bond donors (Lipinski definition) is 3. The number of phenols is 2. The summed E-state index contributed by atoms with van der Waals surface area (Å²) in [5.74, 6) is -0.708. The summed E-state index contributed by atoms with van der Waals surface area (Å²) in [7, 11) is 0. The van der Waals surface area contributed by atoms with Gasteiger partial charge in [0.05, 0.1) is 12.2 Å². The zero-order valence-corrected chi connectivity index (χ0v) is 15.8. The summed E-state index contributed by atoms with van der Waals surface area (Å²) in [6.45, 7) is 6.05. The molecule has 0 saturated carbocycles. The van der Waals surface area contributed by atoms with Crippen LogP contribution in [0.5, 0.6) is 11.5 Å². The Morgan fingerprint density at radius 3 is 2.19 bits per heavy atom. The molecular weight excluding hydrogens is 331 g/mol. The van der Waals surface area contributed by atoms with E-state index in [9.17, 15) is 19.7 Å². The molecule has 4 heteroatoms. The predicted molar refractivity (Wildman–Crippen MR) is 103 cm³/mol. The van der Waals surface area contributed by atoms with Gasteiger partial charge in [0.25, 0.3) is 0 Å². The molecule has 0 aliphatic heterocycles. The van der Waals surface area contributed by atoms with E-state index in [0.29, 0.717) is 11.1 Å². The van der Waals surface area contributed by atoms with E-state index < -0.39 is 5.82 Å². The lowest BCUT2D eigenvalue weighted by Crippen LogP contribution is -2.17. The third-order valence-corrected chi connectivity index (χ3v) is 5.05. The number of aromatic hydroxyl groups is 2. The topological polar surface area (TPSA) is 60.7 Å². The Kier molecular flexibility index (Phi) is 6.65. The molecule has 0 bridgehead atoms. The Balaban J connectivity index is 2.38. The summed E-state index contributed by atoms with van der Waals surface area (Å²) < 4.78 is 13.7. The molecule has 0 fully saturated rings. The Morgan fingerprint density at radius 1 is 0.962 bits per heavy atom. The van der Waals surface area contributed by atoms with E-state index in [2.05, 4.69) is 20.8 Å². The van der Waals surface area contributed by atoms with E-state index in [1.54, 1.807) is 12.1 Å². The van der Waals surface area contributed by atoms with Crippen LogP contribution in [0, 0.1) is 5.82 Å². The highest BCUT2D eigenvalue weighted by Gasteiger charge is 2.24. The van der Waals surface area contributed by atoms with Crippen LogP contribution in [0.4, 0.5) is 4.39 Å². The van der Waals surface area contributed by atoms with Crippen molar-refractivity contribution in [2.45, 2.75) is 64.9 Å². The van der Waals surface area contributed by atoms with Crippen LogP contribution < -0.4 is 0 Å². The lowest BCUT2D eigenvalue weighted by Gasteiger charge is -2.26. The van der Waals surface area contributed by atoms with E-state index >= 15 is 0 Å². The quantitative estimate of drug-likeness (QED) is 0.534. The first kappa shape index (κ1) is 20.2. The monoisotopic (exact) mass is 360 g/mol. The van der Waals surface area contributed by atoms with E-state index in [1.807, 2.05) is 0 Å². The van der Waals surface area contributed by atoms with Crippen LogP contribution in [-0.2, 0) is 12.0 Å². The number of halogens is 1. The van der Waals surface area contributed by atoms with Crippen molar-refractivity contribution < 1.29 is 19.7 Å². The summed E-state index contributed by atoms with van der Waals surface area (Å²) in [5.41, 5.74) is 1.55. The van der Waals surface area contributed by atoms with Crippen LogP contribution >= 0.6 is 0 Å². The predicted octanol–water partition coefficient (Wildman–Crippen LogP) is 5.64. The average molecular weight is 360 g/mol. The molecule has 0 radical (unpaired) electrons. The van der Waals surface area contributed by atoms with Crippen LogP contribution in [0.2, 0.25) is 0 Å². The lowest BCUT2D eigenvalue weighted by molar-refractivity contribution is 0.282. The molecular formula is C22H29FO3. The second-order valence-corrected chi connectivity index (χ2v) is 7.54. The minimum absolute atomic E-state index is 0.109. The molecule has 2 aromatic rings. The molecule has 2 aromatic carbocycles. The molecule has 142 valence electrons. The van der Waals surface area contributed by atoms with Crippen molar-refractivity contribution in [2.24, 2.45) is 0 Å². The normalized spacial score (nSPS) is 11.7. The number of unbranched alkanes of at least 4 members (excludes halogenated alkanes) is 3. The van der Waals surface area contributed by atoms with Crippen molar-refractivity contribution in [3.05, 3.63) is 47.3 Å². The Morgan fingerprint density at radius 2 is 1.62 bits per heavy atom. The second kappa shape index (κ2) is 8.54. The fourth-order valence-corrected chi connectivity index (χ4v) is 3.34. The molecule has 0 aromatic heterocycles. The number of hydrogen-bond acceptors (Lipinski definition) is 3. The van der Waals surface area contributed by atoms with Gasteiger partial charge in [0.15, 0.2) is 0 Å². The zero-order chi connectivity index (χ0) is 19.3. The molecule has 0 spiro atoms. The molecule has 2 rings (SSSR count). The molecule has 0 atom stereocenters. The van der Waals surface area contributed by atoms with Crippen molar-refractivity contribution in [1.29, 1.82) is 0 Å². The minimum atomic E-state index is -0.490. The third-order valence-electron chi connectivity index (χ3n) is 5.05. The van der Waals surface area contributed by atoms with E-state index in [1.165, 1.54) is 37.5 Å². The Bertz CT molecular complexity index is 730. The Labute approximate surface area is 155 Å². The first-order chi connectivity index (χ1) is 12.3. The molecule has 3 N–H and O–H groups in total. The second-order valence-electron chi connectivity index (χ2n) is 7.54. The van der Waals surface area contributed by atoms with Crippen molar-refractivity contribution >= 4 is 0 Å². The van der Waals surface area contributed by atoms with Gasteiger partial charge in [-0.2, -0.15) is 0 Å². The van der Waals surface area contributed by atoms with Crippen molar-refractivity contribution in [1.82, 2.24) is 0 Å². The SMILES string of the molecule is CCCCCCC(C)(C)c1cc(O)c(-c2cc(F)ccc2CO)c(O)c1. The van der Waals surface area contributed by atoms with Gasteiger partial charge in [-0.05, 0) is 52.8 Å². The van der Waals surface area contributed by atoms with Gasteiger partial charge < -0.3 is 15.3 Å². The first-order valence-electron chi connectivity index (χ1n) is 9.26. The van der Waals surface area contributed by atoms with Crippen LogP contribution in [0.25, 0.3) is 11.1 Å². The summed E-state index contributed by atoms with van der Waals surface area (Å²) in [6.07, 6.45) is 5.58. The Hall–Kier alpha value is -2.07. The van der Waals surface area contributed by atoms with Crippen molar-refractivity contribution in [3.8, 4) is 22.6 Å². The number of rotatable bonds is 8. The molecule has 3 nitrogen and oxygen atoms in total. The van der Waals surface area contributed by atoms with Gasteiger partial charge in [-0.1, -0.05) is 52.5 Å². The van der Waals surface area contributed by atoms with Gasteiger partial charge in [0.1, 0.15) is 17.3 Å². The highest BCUT2D eigenvalue weighted by Crippen LogP contribution is 2.43. The lowest BCUT2D eigenvalue weighted by atomic mass is 9.79. The van der Waals surface area contributed by atoms with Gasteiger partial charge in [-0.3, -0.25) is 0 Å². The smallest absolute Gasteiger partial charge is 0.127 e. The van der Waals surface area contributed by atoms with Crippen LogP contribution in [0.15, 0.2) is 30.3 Å². The maximum Gasteiger partial charge on any atom is 0.127 e. The number of benzene rings is 2. The fourth-order valence-electron chi connectivity index (χ4n) is 3.34. The van der Waals surface area contributed by atoms with Gasteiger partial charge >= 0.3 is 0 Å². The number of phenolic OH excluding ortho intramolecular Hbond substituents is 2. The molecule has 0 heterocycles. The first-order valence-corrected chi connectivity index (χ1v) is 9.26. The van der Waals surface area contributed by atoms with E-state index in [-0.39, 0.29) is 29.1 Å². The molecule has 26 heavy (non-hydrogen) atoms. The van der Waals surface area contributed by atoms with E-state index in [0.717, 1.165) is 18.4 Å². The zero-order valence-electron chi connectivity index (χ0n) is 15.8. The minimum Gasteiger partial charge on any atom is -0.507 e. The standard InChI is InChI=1S/C22H29FO3/c1-4-5-6-7-10-22(2,3)16-11-19(25)21(20(26)12-16)18-13-17(23)9-8-15(18)14-24/h8-9,11-13,24-26H,4-7,10,14H2,1-3H3. The molecule has 0 aliphatic rings. The largest absolute Gasteiger partial charge is 0.507 e. The number of aliphatic hydroxyl groups excluding tert-OH is 1. The van der Waals surface area contributed by atoms with Crippen molar-refractivity contribution in [2.75, 3.05) is 0 Å². The van der Waals surface area contributed by atoms with Gasteiger partial charge in [0.2, 0.25) is 0 Å². The van der Waals surface area contributed by atoms with Gasteiger partial charge in [0, 0.05) is 0 Å². The van der Waals surface area contributed by atoms with Gasteiger partial charge in [-0.15, -0.1) is 0 Å². The summed E-state index contributed by atoms with van der Waals surface area (Å²) in [4.78, 5) is 0. The maximum atomic E-state index is 13.7. The van der Waals surface area contributed by atoms with Crippen LogP contribution in [0.3, 0.4) is 0 Å². The molecule has 0 unspecified atom stereocenters. The van der Waals surface area contributed by atoms with E-state index in [4.69, 9.17) is 0 Å². The summed E-state index contributed by atoms with van der Waals surface area (Å²) >= 11 is 0. The molecule has 0 amide bonds. The highest BCUT2D eigenvalue weighted by atomic mass is 19.1. The summed E-state index contributed by atoms with van der Waals surface area (Å²) in [5, 5.41) is 30.6. The molecule has 0 saturated heterocycles. The fraction of sp³-hybridized carbons (Fsp3) is 0.455. The molecule has 0 aliphatic carbocycles. The summed E-state index contributed by atoms with van der Waals surface area (Å²) in [6, 6.07) is 7.20. The number of aliphatic hydroxyl groups is 1. The van der Waals surface area contributed by atoms with Crippen LogP contribution in [0.1, 0.15) is 64.0 Å². The van der Waals surface area contributed by atoms with Crippen LogP contribution in [-0.4, -0.2) is 15.3 Å². The average Bonchev–Trinajstić information content (AvgIpc) is 2.58.